The van der Waals surface area contributed by atoms with Crippen LogP contribution in [0.2, 0.25) is 0 Å². The average Bonchev–Trinajstić information content (AvgIpc) is 2.77. The molecule has 0 unspecified atom stereocenters. The highest BCUT2D eigenvalue weighted by molar-refractivity contribution is 6.06. The minimum absolute atomic E-state index is 0.00152. The van der Waals surface area contributed by atoms with Gasteiger partial charge in [0, 0.05) is 0 Å². The maximum Gasteiger partial charge on any atom is 0.355 e. The fraction of sp³-hybridized carbons (Fsp3) is 0.500. The summed E-state index contributed by atoms with van der Waals surface area (Å²) in [7, 11) is 0. The number of H-pyrrole nitrogens is 1. The number of esters is 3. The standard InChI is InChI=1S/C14H19NO6/c1-5-19-12(16)9-8(4)10(13(17)20-6-2)15-11(9)14(18)21-7-3/h15H,5-7H2,1-4H3. The Labute approximate surface area is 122 Å². The summed E-state index contributed by atoms with van der Waals surface area (Å²) < 4.78 is 14.7. The van der Waals surface area contributed by atoms with Gasteiger partial charge in [0.1, 0.15) is 11.4 Å². The van der Waals surface area contributed by atoms with E-state index in [9.17, 15) is 14.4 Å². The monoisotopic (exact) mass is 297 g/mol. The molecule has 0 radical (unpaired) electrons. The lowest BCUT2D eigenvalue weighted by Crippen LogP contribution is -2.13. The maximum absolute atomic E-state index is 12.0. The number of ether oxygens (including phenoxy) is 3. The van der Waals surface area contributed by atoms with E-state index in [0.717, 1.165) is 0 Å². The molecule has 0 saturated heterocycles. The second-order valence-electron chi connectivity index (χ2n) is 4.04. The Balaban J connectivity index is 3.33. The van der Waals surface area contributed by atoms with Crippen molar-refractivity contribution in [2.45, 2.75) is 27.7 Å². The number of aromatic nitrogens is 1. The van der Waals surface area contributed by atoms with Gasteiger partial charge in [-0.3, -0.25) is 0 Å². The van der Waals surface area contributed by atoms with E-state index in [4.69, 9.17) is 14.2 Å². The van der Waals surface area contributed by atoms with Gasteiger partial charge in [0.05, 0.1) is 25.4 Å². The molecule has 7 nitrogen and oxygen atoms in total. The van der Waals surface area contributed by atoms with Gasteiger partial charge in [-0.15, -0.1) is 0 Å². The summed E-state index contributed by atoms with van der Waals surface area (Å²) in [5.74, 6) is -2.06. The molecule has 1 N–H and O–H groups in total. The summed E-state index contributed by atoms with van der Waals surface area (Å²) in [5.41, 5.74) is 0.243. The topological polar surface area (TPSA) is 94.7 Å². The van der Waals surface area contributed by atoms with Gasteiger partial charge in [0.15, 0.2) is 0 Å². The molecule has 1 heterocycles. The summed E-state index contributed by atoms with van der Waals surface area (Å²) in [4.78, 5) is 38.3. The average molecular weight is 297 g/mol. The van der Waals surface area contributed by atoms with Gasteiger partial charge in [-0.2, -0.15) is 0 Å². The van der Waals surface area contributed by atoms with E-state index in [1.807, 2.05) is 0 Å². The van der Waals surface area contributed by atoms with E-state index in [1.165, 1.54) is 6.92 Å². The summed E-state index contributed by atoms with van der Waals surface area (Å²) >= 11 is 0. The van der Waals surface area contributed by atoms with E-state index in [-0.39, 0.29) is 36.8 Å². The number of hydrogen-bond acceptors (Lipinski definition) is 6. The fourth-order valence-electron chi connectivity index (χ4n) is 1.82. The Morgan fingerprint density at radius 1 is 0.810 bits per heavy atom. The van der Waals surface area contributed by atoms with Gasteiger partial charge in [-0.05, 0) is 33.3 Å². The molecule has 0 atom stereocenters. The van der Waals surface area contributed by atoms with Crippen molar-refractivity contribution in [2.24, 2.45) is 0 Å². The third-order valence-electron chi connectivity index (χ3n) is 2.69. The first-order valence-electron chi connectivity index (χ1n) is 6.71. The van der Waals surface area contributed by atoms with Crippen LogP contribution in [0.1, 0.15) is 57.7 Å². The van der Waals surface area contributed by atoms with Crippen LogP contribution in [0.5, 0.6) is 0 Å². The molecule has 0 fully saturated rings. The highest BCUT2D eigenvalue weighted by Gasteiger charge is 2.29. The number of aromatic amines is 1. The van der Waals surface area contributed by atoms with E-state index in [2.05, 4.69) is 4.98 Å². The summed E-state index contributed by atoms with van der Waals surface area (Å²) in [5, 5.41) is 0. The molecule has 116 valence electrons. The number of hydrogen-bond donors (Lipinski definition) is 1. The number of carbonyl (C=O) groups excluding carboxylic acids is 3. The molecular formula is C14H19NO6. The van der Waals surface area contributed by atoms with Crippen LogP contribution in [0.25, 0.3) is 0 Å². The summed E-state index contributed by atoms with van der Waals surface area (Å²) in [6.45, 7) is 6.97. The lowest BCUT2D eigenvalue weighted by Gasteiger charge is -2.04. The van der Waals surface area contributed by atoms with E-state index in [1.54, 1.807) is 20.8 Å². The van der Waals surface area contributed by atoms with Crippen molar-refractivity contribution in [3.63, 3.8) is 0 Å². The van der Waals surface area contributed by atoms with E-state index < -0.39 is 17.9 Å². The first-order valence-corrected chi connectivity index (χ1v) is 6.71. The predicted molar refractivity (Wildman–Crippen MR) is 73.4 cm³/mol. The van der Waals surface area contributed by atoms with Crippen molar-refractivity contribution in [1.82, 2.24) is 4.98 Å². The Bertz CT molecular complexity index is 546. The largest absolute Gasteiger partial charge is 0.462 e. The molecule has 0 aromatic carbocycles. The molecule has 0 bridgehead atoms. The zero-order chi connectivity index (χ0) is 16.0. The van der Waals surface area contributed by atoms with Crippen LogP contribution >= 0.6 is 0 Å². The van der Waals surface area contributed by atoms with E-state index >= 15 is 0 Å². The second-order valence-corrected chi connectivity index (χ2v) is 4.04. The van der Waals surface area contributed by atoms with Crippen LogP contribution < -0.4 is 0 Å². The second kappa shape index (κ2) is 7.47. The molecule has 0 aliphatic carbocycles. The van der Waals surface area contributed by atoms with Gasteiger partial charge < -0.3 is 19.2 Å². The fourth-order valence-corrected chi connectivity index (χ4v) is 1.82. The van der Waals surface area contributed by atoms with Crippen molar-refractivity contribution >= 4 is 17.9 Å². The number of rotatable bonds is 6. The highest BCUT2D eigenvalue weighted by atomic mass is 16.5. The van der Waals surface area contributed by atoms with Gasteiger partial charge in [0.2, 0.25) is 0 Å². The normalized spacial score (nSPS) is 10.1. The van der Waals surface area contributed by atoms with Crippen molar-refractivity contribution in [3.8, 4) is 0 Å². The minimum atomic E-state index is -0.723. The van der Waals surface area contributed by atoms with Crippen molar-refractivity contribution < 1.29 is 28.6 Å². The number of nitrogens with one attached hydrogen (secondary N) is 1. The molecule has 0 aliphatic heterocycles. The quantitative estimate of drug-likeness (QED) is 0.636. The zero-order valence-electron chi connectivity index (χ0n) is 12.6. The van der Waals surface area contributed by atoms with E-state index in [0.29, 0.717) is 5.56 Å². The highest BCUT2D eigenvalue weighted by Crippen LogP contribution is 2.21. The lowest BCUT2D eigenvalue weighted by molar-refractivity contribution is 0.0474. The SMILES string of the molecule is CCOC(=O)c1[nH]c(C(=O)OCC)c(C(=O)OCC)c1C. The van der Waals surface area contributed by atoms with Crippen LogP contribution in [0.4, 0.5) is 0 Å². The predicted octanol–water partition coefficient (Wildman–Crippen LogP) is 1.85. The summed E-state index contributed by atoms with van der Waals surface area (Å²) in [6.07, 6.45) is 0. The molecule has 7 heteroatoms. The molecule has 0 spiro atoms. The minimum Gasteiger partial charge on any atom is -0.462 e. The van der Waals surface area contributed by atoms with Gasteiger partial charge in [-0.1, -0.05) is 0 Å². The molecule has 21 heavy (non-hydrogen) atoms. The Hall–Kier alpha value is -2.31. The first kappa shape index (κ1) is 16.7. The first-order chi connectivity index (χ1) is 9.97. The Morgan fingerprint density at radius 3 is 1.71 bits per heavy atom. The molecule has 0 saturated carbocycles. The molecule has 1 aromatic rings. The molecule has 0 aliphatic rings. The molecule has 1 rings (SSSR count). The van der Waals surface area contributed by atoms with Crippen LogP contribution in [0.15, 0.2) is 0 Å². The van der Waals surface area contributed by atoms with Crippen LogP contribution in [-0.4, -0.2) is 42.7 Å². The van der Waals surface area contributed by atoms with Gasteiger partial charge >= 0.3 is 17.9 Å². The van der Waals surface area contributed by atoms with Crippen LogP contribution in [0.3, 0.4) is 0 Å². The van der Waals surface area contributed by atoms with Crippen molar-refractivity contribution in [2.75, 3.05) is 19.8 Å². The number of carbonyl (C=O) groups is 3. The van der Waals surface area contributed by atoms with Crippen LogP contribution in [0, 0.1) is 6.92 Å². The third kappa shape index (κ3) is 3.62. The third-order valence-corrected chi connectivity index (χ3v) is 2.69. The lowest BCUT2D eigenvalue weighted by atomic mass is 10.1. The summed E-state index contributed by atoms with van der Waals surface area (Å²) in [6, 6.07) is 0. The molecular weight excluding hydrogens is 278 g/mol. The molecule has 1 aromatic heterocycles. The van der Waals surface area contributed by atoms with Gasteiger partial charge in [0.25, 0.3) is 0 Å². The Morgan fingerprint density at radius 2 is 1.24 bits per heavy atom. The van der Waals surface area contributed by atoms with Crippen molar-refractivity contribution in [1.29, 1.82) is 0 Å². The Kier molecular flexibility index (Phi) is 5.95. The zero-order valence-corrected chi connectivity index (χ0v) is 12.6. The van der Waals surface area contributed by atoms with Crippen molar-refractivity contribution in [3.05, 3.63) is 22.5 Å². The van der Waals surface area contributed by atoms with Gasteiger partial charge in [-0.25, -0.2) is 14.4 Å². The maximum atomic E-state index is 12.0. The molecule has 0 amide bonds. The van der Waals surface area contributed by atoms with Crippen LogP contribution in [-0.2, 0) is 14.2 Å². The smallest absolute Gasteiger partial charge is 0.355 e.